The van der Waals surface area contributed by atoms with Crippen LogP contribution in [-0.2, 0) is 16.1 Å². The zero-order chi connectivity index (χ0) is 22.5. The first-order chi connectivity index (χ1) is 15.5. The Hall–Kier alpha value is -2.58. The number of benzene rings is 2. The van der Waals surface area contributed by atoms with Gasteiger partial charge in [-0.2, -0.15) is 8.78 Å². The molecule has 0 spiro atoms. The number of rotatable bonds is 7. The van der Waals surface area contributed by atoms with Crippen molar-refractivity contribution < 1.29 is 27.4 Å². The van der Waals surface area contributed by atoms with Gasteiger partial charge in [0.25, 0.3) is 0 Å². The maximum atomic E-state index is 13.5. The van der Waals surface area contributed by atoms with Crippen LogP contribution < -0.4 is 10.1 Å². The predicted octanol–water partition coefficient (Wildman–Crippen LogP) is 3.94. The highest BCUT2D eigenvalue weighted by Crippen LogP contribution is 2.41. The van der Waals surface area contributed by atoms with Crippen LogP contribution in [-0.4, -0.2) is 49.8 Å². The van der Waals surface area contributed by atoms with E-state index in [1.54, 1.807) is 24.3 Å². The number of alkyl halides is 2. The van der Waals surface area contributed by atoms with Gasteiger partial charge in [0, 0.05) is 31.6 Å². The average Bonchev–Trinajstić information content (AvgIpc) is 3.23. The molecular formula is C24H27F3N2O3. The van der Waals surface area contributed by atoms with Gasteiger partial charge in [-0.3, -0.25) is 4.79 Å². The molecule has 2 aromatic carbocycles. The monoisotopic (exact) mass is 448 g/mol. The molecule has 1 N–H and O–H groups in total. The molecule has 2 aliphatic rings. The minimum Gasteiger partial charge on any atom is -0.435 e. The molecule has 2 fully saturated rings. The smallest absolute Gasteiger partial charge is 0.387 e. The quantitative estimate of drug-likeness (QED) is 0.697. The number of hydrogen-bond acceptors (Lipinski definition) is 4. The van der Waals surface area contributed by atoms with Crippen molar-refractivity contribution in [2.45, 2.75) is 38.0 Å². The molecule has 4 rings (SSSR count). The minimum atomic E-state index is -2.85. The molecule has 0 radical (unpaired) electrons. The summed E-state index contributed by atoms with van der Waals surface area (Å²) in [5.74, 6) is -0.225. The van der Waals surface area contributed by atoms with Gasteiger partial charge >= 0.3 is 6.61 Å². The van der Waals surface area contributed by atoms with Crippen molar-refractivity contribution >= 4 is 5.91 Å². The molecule has 1 saturated heterocycles. The van der Waals surface area contributed by atoms with Crippen molar-refractivity contribution in [2.75, 3.05) is 26.3 Å². The lowest BCUT2D eigenvalue weighted by Gasteiger charge is -2.31. The summed E-state index contributed by atoms with van der Waals surface area (Å²) in [6.45, 7) is -0.0116. The molecule has 8 heteroatoms. The predicted molar refractivity (Wildman–Crippen MR) is 113 cm³/mol. The topological polar surface area (TPSA) is 50.8 Å². The third-order valence-corrected chi connectivity index (χ3v) is 6.24. The van der Waals surface area contributed by atoms with Crippen molar-refractivity contribution in [1.29, 1.82) is 0 Å². The van der Waals surface area contributed by atoms with Crippen LogP contribution in [0.1, 0.15) is 29.9 Å². The molecule has 1 saturated carbocycles. The van der Waals surface area contributed by atoms with Crippen LogP contribution in [0, 0.1) is 11.7 Å². The summed E-state index contributed by atoms with van der Waals surface area (Å²) in [6.07, 6.45) is 1.45. The van der Waals surface area contributed by atoms with Crippen LogP contribution in [0.4, 0.5) is 13.2 Å². The summed E-state index contributed by atoms with van der Waals surface area (Å²) in [5.41, 5.74) is 1.91. The van der Waals surface area contributed by atoms with Crippen molar-refractivity contribution in [1.82, 2.24) is 10.2 Å². The Morgan fingerprint density at radius 2 is 1.75 bits per heavy atom. The summed E-state index contributed by atoms with van der Waals surface area (Å²) in [7, 11) is 0. The summed E-state index contributed by atoms with van der Waals surface area (Å²) >= 11 is 0. The van der Waals surface area contributed by atoms with E-state index in [1.165, 1.54) is 24.3 Å². The first kappa shape index (κ1) is 22.6. The third-order valence-electron chi connectivity index (χ3n) is 6.24. The molecule has 5 nitrogen and oxygen atoms in total. The number of carbonyl (C=O) groups is 1. The molecule has 3 atom stereocenters. The van der Waals surface area contributed by atoms with Gasteiger partial charge in [0.1, 0.15) is 11.6 Å². The first-order valence-corrected chi connectivity index (χ1v) is 10.9. The molecule has 1 heterocycles. The van der Waals surface area contributed by atoms with Gasteiger partial charge in [-0.1, -0.05) is 24.3 Å². The molecule has 172 valence electrons. The van der Waals surface area contributed by atoms with Gasteiger partial charge < -0.3 is 19.7 Å². The molecule has 1 aliphatic carbocycles. The van der Waals surface area contributed by atoms with E-state index >= 15 is 0 Å². The zero-order valence-electron chi connectivity index (χ0n) is 17.7. The molecule has 1 amide bonds. The number of carbonyl (C=O) groups excluding carboxylic acids is 1. The second-order valence-electron chi connectivity index (χ2n) is 8.27. The van der Waals surface area contributed by atoms with Crippen molar-refractivity contribution in [3.63, 3.8) is 0 Å². The number of ether oxygens (including phenoxy) is 2. The Morgan fingerprint density at radius 3 is 2.41 bits per heavy atom. The maximum Gasteiger partial charge on any atom is 0.387 e. The van der Waals surface area contributed by atoms with Crippen molar-refractivity contribution in [3.05, 3.63) is 65.5 Å². The summed E-state index contributed by atoms with van der Waals surface area (Å²) in [6, 6.07) is 13.0. The normalized spacial score (nSPS) is 23.5. The highest BCUT2D eigenvalue weighted by atomic mass is 19.3. The van der Waals surface area contributed by atoms with E-state index in [1.807, 2.05) is 4.90 Å². The van der Waals surface area contributed by atoms with E-state index in [4.69, 9.17) is 4.74 Å². The van der Waals surface area contributed by atoms with Crippen molar-refractivity contribution in [3.8, 4) is 5.75 Å². The lowest BCUT2D eigenvalue weighted by atomic mass is 9.88. The largest absolute Gasteiger partial charge is 0.435 e. The van der Waals surface area contributed by atoms with Crippen LogP contribution >= 0.6 is 0 Å². The molecule has 2 aromatic rings. The standard InChI is InChI=1S/C24H27F3N2O3/c25-18-5-3-17(4-6-18)21-13-19(14-22(21)23(30)29-9-11-31-12-10-29)28-15-16-1-7-20(8-2-16)32-24(26)27/h1-8,19,21-22,24,28H,9-15H2/t19-,21+,22-/m0/s1. The van der Waals surface area contributed by atoms with Gasteiger partial charge in [0.05, 0.1) is 13.2 Å². The van der Waals surface area contributed by atoms with E-state index < -0.39 is 6.61 Å². The molecule has 0 unspecified atom stereocenters. The Morgan fingerprint density at radius 1 is 1.06 bits per heavy atom. The van der Waals surface area contributed by atoms with Crippen LogP contribution in [0.25, 0.3) is 0 Å². The molecule has 0 aromatic heterocycles. The van der Waals surface area contributed by atoms with E-state index in [-0.39, 0.29) is 35.4 Å². The fourth-order valence-electron chi connectivity index (χ4n) is 4.62. The highest BCUT2D eigenvalue weighted by Gasteiger charge is 2.41. The fraction of sp³-hybridized carbons (Fsp3) is 0.458. The van der Waals surface area contributed by atoms with E-state index in [0.717, 1.165) is 17.5 Å². The Labute approximate surface area is 185 Å². The summed E-state index contributed by atoms with van der Waals surface area (Å²) in [4.78, 5) is 15.2. The Balaban J connectivity index is 1.43. The number of amides is 1. The van der Waals surface area contributed by atoms with Crippen molar-refractivity contribution in [2.24, 2.45) is 5.92 Å². The molecule has 0 bridgehead atoms. The average molecular weight is 448 g/mol. The van der Waals surface area contributed by atoms with Crippen LogP contribution in [0.3, 0.4) is 0 Å². The number of nitrogens with one attached hydrogen (secondary N) is 1. The molecule has 32 heavy (non-hydrogen) atoms. The number of halogens is 3. The van der Waals surface area contributed by atoms with Gasteiger partial charge in [0.15, 0.2) is 0 Å². The second kappa shape index (κ2) is 10.4. The number of hydrogen-bond donors (Lipinski definition) is 1. The van der Waals surface area contributed by atoms with Gasteiger partial charge in [0.2, 0.25) is 5.91 Å². The maximum absolute atomic E-state index is 13.5. The lowest BCUT2D eigenvalue weighted by molar-refractivity contribution is -0.140. The zero-order valence-corrected chi connectivity index (χ0v) is 17.7. The molecule has 1 aliphatic heterocycles. The van der Waals surface area contributed by atoms with Gasteiger partial charge in [-0.05, 0) is 54.2 Å². The summed E-state index contributed by atoms with van der Waals surface area (Å²) in [5, 5.41) is 3.50. The van der Waals surface area contributed by atoms with Crippen LogP contribution in [0.15, 0.2) is 48.5 Å². The van der Waals surface area contributed by atoms with Crippen LogP contribution in [0.2, 0.25) is 0 Å². The van der Waals surface area contributed by atoms with Gasteiger partial charge in [-0.15, -0.1) is 0 Å². The highest BCUT2D eigenvalue weighted by molar-refractivity contribution is 5.80. The van der Waals surface area contributed by atoms with Crippen LogP contribution in [0.5, 0.6) is 5.75 Å². The number of nitrogens with zero attached hydrogens (tertiary/aromatic N) is 1. The SMILES string of the molecule is O=C([C@H]1C[C@@H](NCc2ccc(OC(F)F)cc2)C[C@@H]1c1ccc(F)cc1)N1CCOCC1. The molecular weight excluding hydrogens is 421 g/mol. The lowest BCUT2D eigenvalue weighted by Crippen LogP contribution is -2.44. The van der Waals surface area contributed by atoms with E-state index in [9.17, 15) is 18.0 Å². The van der Waals surface area contributed by atoms with Gasteiger partial charge in [-0.25, -0.2) is 4.39 Å². The van der Waals surface area contributed by atoms with E-state index in [2.05, 4.69) is 10.1 Å². The number of morpholine rings is 1. The third kappa shape index (κ3) is 5.61. The second-order valence-corrected chi connectivity index (χ2v) is 8.27. The Kier molecular flexibility index (Phi) is 7.32. The fourth-order valence-corrected chi connectivity index (χ4v) is 4.62. The Bertz CT molecular complexity index is 886. The minimum absolute atomic E-state index is 0.00487. The first-order valence-electron chi connectivity index (χ1n) is 10.9. The van der Waals surface area contributed by atoms with E-state index in [0.29, 0.717) is 39.3 Å². The summed E-state index contributed by atoms with van der Waals surface area (Å²) < 4.78 is 47.8.